The van der Waals surface area contributed by atoms with Crippen LogP contribution in [0, 0.1) is 0 Å². The van der Waals surface area contributed by atoms with Crippen molar-refractivity contribution in [1.29, 1.82) is 0 Å². The first kappa shape index (κ1) is 16.4. The second-order valence-corrected chi connectivity index (χ2v) is 6.48. The van der Waals surface area contributed by atoms with Crippen LogP contribution < -0.4 is 11.1 Å². The number of urea groups is 1. The molecule has 0 aliphatic rings. The Kier molecular flexibility index (Phi) is 9.05. The third kappa shape index (κ3) is 7.32. The van der Waals surface area contributed by atoms with E-state index in [9.17, 15) is 4.79 Å². The van der Waals surface area contributed by atoms with Crippen molar-refractivity contribution in [3.8, 4) is 0 Å². The lowest BCUT2D eigenvalue weighted by molar-refractivity contribution is 0.0777. The summed E-state index contributed by atoms with van der Waals surface area (Å²) in [7, 11) is -1.06. The van der Waals surface area contributed by atoms with Crippen LogP contribution in [0.4, 0.5) is 4.79 Å². The van der Waals surface area contributed by atoms with Crippen LogP contribution in [0.5, 0.6) is 0 Å². The van der Waals surface area contributed by atoms with Gasteiger partial charge in [-0.25, -0.2) is 4.79 Å². The number of hydrogen-bond donors (Lipinski definition) is 2. The van der Waals surface area contributed by atoms with E-state index in [1.165, 1.54) is 0 Å². The van der Waals surface area contributed by atoms with Gasteiger partial charge in [0, 0.05) is 32.9 Å². The van der Waals surface area contributed by atoms with Gasteiger partial charge >= 0.3 is 14.8 Å². The van der Waals surface area contributed by atoms with Crippen molar-refractivity contribution < 1.29 is 18.1 Å². The van der Waals surface area contributed by atoms with Gasteiger partial charge in [-0.1, -0.05) is 13.8 Å². The zero-order valence-electron chi connectivity index (χ0n) is 11.0. The van der Waals surface area contributed by atoms with E-state index >= 15 is 0 Å². The molecule has 102 valence electrons. The van der Waals surface area contributed by atoms with Crippen LogP contribution in [0.2, 0.25) is 6.04 Å². The summed E-state index contributed by atoms with van der Waals surface area (Å²) in [6.07, 6.45) is 1.80. The SMILES string of the molecule is CCCO[Si](CCNC(N)=O)(OC)OCCC. The highest BCUT2D eigenvalue weighted by molar-refractivity contribution is 6.60. The van der Waals surface area contributed by atoms with Gasteiger partial charge in [0.2, 0.25) is 0 Å². The predicted molar refractivity (Wildman–Crippen MR) is 67.6 cm³/mol. The van der Waals surface area contributed by atoms with Crippen molar-refractivity contribution in [3.05, 3.63) is 0 Å². The van der Waals surface area contributed by atoms with Gasteiger partial charge in [0.1, 0.15) is 0 Å². The van der Waals surface area contributed by atoms with Crippen molar-refractivity contribution in [3.63, 3.8) is 0 Å². The Morgan fingerprint density at radius 1 is 1.24 bits per heavy atom. The Morgan fingerprint density at radius 2 is 1.76 bits per heavy atom. The number of carbonyl (C=O) groups excluding carboxylic acids is 1. The summed E-state index contributed by atoms with van der Waals surface area (Å²) >= 11 is 0. The van der Waals surface area contributed by atoms with Crippen molar-refractivity contribution in [2.75, 3.05) is 26.9 Å². The van der Waals surface area contributed by atoms with E-state index in [0.29, 0.717) is 25.8 Å². The lowest BCUT2D eigenvalue weighted by Crippen LogP contribution is -2.48. The molecule has 3 N–H and O–H groups in total. The van der Waals surface area contributed by atoms with Crippen molar-refractivity contribution in [2.45, 2.75) is 32.7 Å². The summed E-state index contributed by atoms with van der Waals surface area (Å²) in [5.41, 5.74) is 5.01. The van der Waals surface area contributed by atoms with Gasteiger partial charge < -0.3 is 24.3 Å². The molecular weight excluding hydrogens is 240 g/mol. The van der Waals surface area contributed by atoms with Crippen LogP contribution >= 0.6 is 0 Å². The van der Waals surface area contributed by atoms with Crippen molar-refractivity contribution >= 4 is 14.8 Å². The minimum Gasteiger partial charge on any atom is -0.377 e. The normalized spacial score (nSPS) is 11.5. The molecule has 7 heteroatoms. The quantitative estimate of drug-likeness (QED) is 0.579. The summed E-state index contributed by atoms with van der Waals surface area (Å²) in [5.74, 6) is 0. The standard InChI is InChI=1S/C10H24N2O4Si/c1-4-7-15-17(14-3,16-8-5-2)9-6-12-10(11)13/h4-9H2,1-3H3,(H3,11,12,13). The number of rotatable bonds is 10. The molecule has 0 aromatic rings. The summed E-state index contributed by atoms with van der Waals surface area (Å²) in [4.78, 5) is 10.6. The largest absolute Gasteiger partial charge is 0.502 e. The zero-order valence-corrected chi connectivity index (χ0v) is 12.0. The van der Waals surface area contributed by atoms with E-state index in [1.807, 2.05) is 13.8 Å². The van der Waals surface area contributed by atoms with Gasteiger partial charge in [-0.15, -0.1) is 0 Å². The zero-order chi connectivity index (χ0) is 13.1. The molecule has 0 atom stereocenters. The highest BCUT2D eigenvalue weighted by Crippen LogP contribution is 2.15. The molecule has 0 saturated carbocycles. The Bertz CT molecular complexity index is 208. The summed E-state index contributed by atoms with van der Waals surface area (Å²) in [6.45, 7) is 5.65. The summed E-state index contributed by atoms with van der Waals surface area (Å²) in [5, 5.41) is 2.52. The third-order valence-corrected chi connectivity index (χ3v) is 4.87. The molecule has 17 heavy (non-hydrogen) atoms. The highest BCUT2D eigenvalue weighted by atomic mass is 28.4. The molecule has 0 aliphatic carbocycles. The number of amides is 2. The van der Waals surface area contributed by atoms with Gasteiger partial charge in [-0.05, 0) is 12.8 Å². The third-order valence-electron chi connectivity index (χ3n) is 2.09. The van der Waals surface area contributed by atoms with Crippen LogP contribution in [0.25, 0.3) is 0 Å². The molecule has 6 nitrogen and oxygen atoms in total. The van der Waals surface area contributed by atoms with Gasteiger partial charge in [0.05, 0.1) is 0 Å². The molecule has 2 amide bonds. The van der Waals surface area contributed by atoms with Crippen molar-refractivity contribution in [1.82, 2.24) is 5.32 Å². The smallest absolute Gasteiger partial charge is 0.377 e. The molecular formula is C10H24N2O4Si. The fraction of sp³-hybridized carbons (Fsp3) is 0.900. The molecule has 0 aromatic carbocycles. The Morgan fingerprint density at radius 3 is 2.12 bits per heavy atom. The molecule has 0 unspecified atom stereocenters. The Hall–Kier alpha value is -0.633. The van der Waals surface area contributed by atoms with Gasteiger partial charge in [-0.2, -0.15) is 0 Å². The first-order chi connectivity index (χ1) is 8.10. The maximum atomic E-state index is 10.6. The molecule has 0 aliphatic heterocycles. The molecule has 0 radical (unpaired) electrons. The van der Waals surface area contributed by atoms with Gasteiger partial charge in [0.25, 0.3) is 0 Å². The van der Waals surface area contributed by atoms with E-state index in [0.717, 1.165) is 12.8 Å². The highest BCUT2D eigenvalue weighted by Gasteiger charge is 2.39. The van der Waals surface area contributed by atoms with E-state index in [1.54, 1.807) is 7.11 Å². The molecule has 0 saturated heterocycles. The number of primary amides is 1. The van der Waals surface area contributed by atoms with Crippen molar-refractivity contribution in [2.24, 2.45) is 5.73 Å². The van der Waals surface area contributed by atoms with E-state index in [2.05, 4.69) is 5.32 Å². The number of nitrogens with two attached hydrogens (primary N) is 1. The molecule has 0 aromatic heterocycles. The summed E-state index contributed by atoms with van der Waals surface area (Å²) in [6, 6.07) is -0.0121. The fourth-order valence-corrected chi connectivity index (χ4v) is 3.53. The van der Waals surface area contributed by atoms with Crippen LogP contribution in [0.3, 0.4) is 0 Å². The molecule has 0 bridgehead atoms. The van der Waals surface area contributed by atoms with E-state index in [4.69, 9.17) is 19.0 Å². The first-order valence-electron chi connectivity index (χ1n) is 5.96. The lowest BCUT2D eigenvalue weighted by atomic mass is 10.5. The molecule has 0 rings (SSSR count). The lowest BCUT2D eigenvalue weighted by Gasteiger charge is -2.27. The van der Waals surface area contributed by atoms with E-state index in [-0.39, 0.29) is 0 Å². The molecule has 0 fully saturated rings. The number of hydrogen-bond acceptors (Lipinski definition) is 4. The summed E-state index contributed by atoms with van der Waals surface area (Å²) < 4.78 is 16.9. The minimum atomic E-state index is -2.65. The molecule has 0 heterocycles. The Balaban J connectivity index is 4.26. The maximum absolute atomic E-state index is 10.6. The fourth-order valence-electron chi connectivity index (χ4n) is 1.26. The van der Waals surface area contributed by atoms with Crippen LogP contribution in [0.15, 0.2) is 0 Å². The van der Waals surface area contributed by atoms with Gasteiger partial charge in [0.15, 0.2) is 0 Å². The second kappa shape index (κ2) is 9.40. The Labute approximate surface area is 104 Å². The van der Waals surface area contributed by atoms with Crippen LogP contribution in [0.1, 0.15) is 26.7 Å². The van der Waals surface area contributed by atoms with Crippen LogP contribution in [-0.2, 0) is 13.3 Å². The number of nitrogens with one attached hydrogen (secondary N) is 1. The second-order valence-electron chi connectivity index (χ2n) is 3.63. The topological polar surface area (TPSA) is 82.8 Å². The first-order valence-corrected chi connectivity index (χ1v) is 7.89. The minimum absolute atomic E-state index is 0.406. The average molecular weight is 264 g/mol. The van der Waals surface area contributed by atoms with E-state index < -0.39 is 14.8 Å². The average Bonchev–Trinajstić information content (AvgIpc) is 2.32. The van der Waals surface area contributed by atoms with Crippen LogP contribution in [-0.4, -0.2) is 41.7 Å². The monoisotopic (exact) mass is 264 g/mol. The van der Waals surface area contributed by atoms with Gasteiger partial charge in [-0.3, -0.25) is 0 Å². The maximum Gasteiger partial charge on any atom is 0.502 e. The number of carbonyl (C=O) groups is 1. The molecule has 0 spiro atoms. The predicted octanol–water partition coefficient (Wildman–Crippen LogP) is 1.09.